The van der Waals surface area contributed by atoms with Crippen LogP contribution in [0.4, 0.5) is 0 Å². The Balaban J connectivity index is 0.00000529. The molecule has 0 radical (unpaired) electrons. The number of aromatic nitrogens is 1. The Morgan fingerprint density at radius 2 is 2.00 bits per heavy atom. The summed E-state index contributed by atoms with van der Waals surface area (Å²) in [6.07, 6.45) is 3.89. The van der Waals surface area contributed by atoms with Gasteiger partial charge >= 0.3 is 0 Å². The quantitative estimate of drug-likeness (QED) is 0.347. The van der Waals surface area contributed by atoms with Crippen LogP contribution in [0.25, 0.3) is 0 Å². The Morgan fingerprint density at radius 3 is 2.54 bits per heavy atom. The third-order valence-corrected chi connectivity index (χ3v) is 3.68. The summed E-state index contributed by atoms with van der Waals surface area (Å²) < 4.78 is 0. The van der Waals surface area contributed by atoms with Crippen molar-refractivity contribution in [2.45, 2.75) is 39.7 Å². The topological polar surface area (TPSA) is 52.6 Å². The summed E-state index contributed by atoms with van der Waals surface area (Å²) in [6.45, 7) is 9.12. The van der Waals surface area contributed by atoms with Crippen LogP contribution in [0.15, 0.2) is 29.4 Å². The number of rotatable bonds is 9. The summed E-state index contributed by atoms with van der Waals surface area (Å²) in [5.74, 6) is 1.57. The van der Waals surface area contributed by atoms with Gasteiger partial charge in [0.2, 0.25) is 0 Å². The van der Waals surface area contributed by atoms with Crippen molar-refractivity contribution in [1.29, 1.82) is 0 Å². The summed E-state index contributed by atoms with van der Waals surface area (Å²) in [7, 11) is 4.26. The molecule has 1 unspecified atom stereocenters. The van der Waals surface area contributed by atoms with Crippen molar-refractivity contribution in [3.8, 4) is 0 Å². The molecule has 0 aliphatic carbocycles. The molecule has 0 bridgehead atoms. The average molecular weight is 447 g/mol. The van der Waals surface area contributed by atoms with Crippen LogP contribution in [0.2, 0.25) is 0 Å². The molecular formula is C18H34IN5. The van der Waals surface area contributed by atoms with Gasteiger partial charge in [-0.15, -0.1) is 24.0 Å². The number of nitrogens with zero attached hydrogens (tertiary/aromatic N) is 3. The Morgan fingerprint density at radius 1 is 1.25 bits per heavy atom. The predicted octanol–water partition coefficient (Wildman–Crippen LogP) is 2.77. The van der Waals surface area contributed by atoms with E-state index in [0.717, 1.165) is 44.1 Å². The number of pyridine rings is 1. The van der Waals surface area contributed by atoms with Gasteiger partial charge in [-0.1, -0.05) is 19.9 Å². The molecule has 1 heterocycles. The molecule has 1 aromatic rings. The largest absolute Gasteiger partial charge is 0.357 e. The molecule has 0 spiro atoms. The van der Waals surface area contributed by atoms with Crippen LogP contribution in [0.1, 0.15) is 32.9 Å². The number of hydrogen-bond acceptors (Lipinski definition) is 3. The molecule has 1 atom stereocenters. The fourth-order valence-electron chi connectivity index (χ4n) is 2.39. The van der Waals surface area contributed by atoms with E-state index < -0.39 is 0 Å². The molecule has 0 saturated heterocycles. The molecule has 0 fully saturated rings. The molecule has 0 saturated carbocycles. The van der Waals surface area contributed by atoms with Gasteiger partial charge in [0.05, 0.1) is 6.54 Å². The van der Waals surface area contributed by atoms with Crippen molar-refractivity contribution in [3.05, 3.63) is 30.1 Å². The van der Waals surface area contributed by atoms with E-state index in [1.54, 1.807) is 0 Å². The van der Waals surface area contributed by atoms with E-state index in [-0.39, 0.29) is 24.0 Å². The van der Waals surface area contributed by atoms with E-state index in [1.807, 2.05) is 18.3 Å². The first-order chi connectivity index (χ1) is 11.0. The SMILES string of the molecule is CCNC(=NCC(CC(C)C)N(C)C)NCCc1ccccn1.I. The first kappa shape index (κ1) is 23.1. The first-order valence-corrected chi connectivity index (χ1v) is 8.61. The van der Waals surface area contributed by atoms with Gasteiger partial charge in [-0.25, -0.2) is 0 Å². The summed E-state index contributed by atoms with van der Waals surface area (Å²) in [4.78, 5) is 11.4. The molecule has 138 valence electrons. The highest BCUT2D eigenvalue weighted by atomic mass is 127. The van der Waals surface area contributed by atoms with Gasteiger partial charge in [0.15, 0.2) is 5.96 Å². The number of guanidine groups is 1. The molecule has 6 heteroatoms. The highest BCUT2D eigenvalue weighted by molar-refractivity contribution is 14.0. The number of hydrogen-bond donors (Lipinski definition) is 2. The third-order valence-electron chi connectivity index (χ3n) is 3.68. The Kier molecular flexibility index (Phi) is 12.9. The molecule has 0 amide bonds. The van der Waals surface area contributed by atoms with E-state index >= 15 is 0 Å². The Hall–Kier alpha value is -0.890. The van der Waals surface area contributed by atoms with Gasteiger partial charge in [0.1, 0.15) is 0 Å². The number of likely N-dealkylation sites (N-methyl/N-ethyl adjacent to an activating group) is 1. The zero-order valence-electron chi connectivity index (χ0n) is 15.7. The molecule has 5 nitrogen and oxygen atoms in total. The second-order valence-corrected chi connectivity index (χ2v) is 6.46. The second-order valence-electron chi connectivity index (χ2n) is 6.46. The van der Waals surface area contributed by atoms with E-state index in [4.69, 9.17) is 4.99 Å². The fourth-order valence-corrected chi connectivity index (χ4v) is 2.39. The van der Waals surface area contributed by atoms with Crippen LogP contribution in [0.5, 0.6) is 0 Å². The lowest BCUT2D eigenvalue weighted by Gasteiger charge is -2.24. The Bertz CT molecular complexity index is 448. The highest BCUT2D eigenvalue weighted by Gasteiger charge is 2.13. The zero-order chi connectivity index (χ0) is 17.1. The van der Waals surface area contributed by atoms with Crippen LogP contribution in [-0.2, 0) is 6.42 Å². The summed E-state index contributed by atoms with van der Waals surface area (Å²) in [5.41, 5.74) is 1.10. The van der Waals surface area contributed by atoms with Gasteiger partial charge in [0.25, 0.3) is 0 Å². The lowest BCUT2D eigenvalue weighted by Crippen LogP contribution is -2.40. The van der Waals surface area contributed by atoms with Gasteiger partial charge < -0.3 is 15.5 Å². The summed E-state index contributed by atoms with van der Waals surface area (Å²) >= 11 is 0. The molecule has 1 rings (SSSR count). The van der Waals surface area contributed by atoms with E-state index in [1.165, 1.54) is 0 Å². The van der Waals surface area contributed by atoms with Crippen molar-refractivity contribution in [3.63, 3.8) is 0 Å². The molecular weight excluding hydrogens is 413 g/mol. The van der Waals surface area contributed by atoms with Crippen molar-refractivity contribution in [1.82, 2.24) is 20.5 Å². The number of nitrogens with one attached hydrogen (secondary N) is 2. The maximum atomic E-state index is 4.75. The minimum atomic E-state index is 0. The normalized spacial score (nSPS) is 12.9. The van der Waals surface area contributed by atoms with Crippen LogP contribution >= 0.6 is 24.0 Å². The zero-order valence-corrected chi connectivity index (χ0v) is 18.1. The lowest BCUT2D eigenvalue weighted by molar-refractivity contribution is 0.261. The van der Waals surface area contributed by atoms with Crippen molar-refractivity contribution < 1.29 is 0 Å². The maximum Gasteiger partial charge on any atom is 0.191 e. The van der Waals surface area contributed by atoms with Gasteiger partial charge in [-0.3, -0.25) is 9.98 Å². The predicted molar refractivity (Wildman–Crippen MR) is 114 cm³/mol. The monoisotopic (exact) mass is 447 g/mol. The molecule has 0 aromatic carbocycles. The van der Waals surface area contributed by atoms with Crippen molar-refractivity contribution in [2.75, 3.05) is 33.7 Å². The number of halogens is 1. The van der Waals surface area contributed by atoms with Crippen LogP contribution in [0.3, 0.4) is 0 Å². The molecule has 2 N–H and O–H groups in total. The molecule has 1 aromatic heterocycles. The van der Waals surface area contributed by atoms with Crippen molar-refractivity contribution in [2.24, 2.45) is 10.9 Å². The third kappa shape index (κ3) is 10.1. The lowest BCUT2D eigenvalue weighted by atomic mass is 10.0. The van der Waals surface area contributed by atoms with Crippen LogP contribution in [0, 0.1) is 5.92 Å². The number of aliphatic imine (C=N–C) groups is 1. The van der Waals surface area contributed by atoms with E-state index in [0.29, 0.717) is 12.0 Å². The van der Waals surface area contributed by atoms with Gasteiger partial charge in [0, 0.05) is 37.4 Å². The standard InChI is InChI=1S/C18H33N5.HI/c1-6-19-18(21-12-10-16-9-7-8-11-20-16)22-14-17(23(4)5)13-15(2)3;/h7-9,11,15,17H,6,10,12-14H2,1-5H3,(H2,19,21,22);1H. The van der Waals surface area contributed by atoms with Crippen LogP contribution in [-0.4, -0.2) is 55.6 Å². The summed E-state index contributed by atoms with van der Waals surface area (Å²) in [5, 5.41) is 6.71. The molecule has 24 heavy (non-hydrogen) atoms. The first-order valence-electron chi connectivity index (χ1n) is 8.61. The highest BCUT2D eigenvalue weighted by Crippen LogP contribution is 2.09. The van der Waals surface area contributed by atoms with Crippen molar-refractivity contribution >= 4 is 29.9 Å². The van der Waals surface area contributed by atoms with E-state index in [2.05, 4.69) is 61.5 Å². The smallest absolute Gasteiger partial charge is 0.191 e. The van der Waals surface area contributed by atoms with Gasteiger partial charge in [-0.2, -0.15) is 0 Å². The second kappa shape index (κ2) is 13.4. The average Bonchev–Trinajstić information content (AvgIpc) is 2.51. The molecule has 0 aliphatic heterocycles. The maximum absolute atomic E-state index is 4.75. The molecule has 0 aliphatic rings. The summed E-state index contributed by atoms with van der Waals surface area (Å²) in [6, 6.07) is 6.49. The minimum Gasteiger partial charge on any atom is -0.357 e. The van der Waals surface area contributed by atoms with Gasteiger partial charge in [-0.05, 0) is 45.5 Å². The Labute approximate surface area is 164 Å². The van der Waals surface area contributed by atoms with Crippen LogP contribution < -0.4 is 10.6 Å². The minimum absolute atomic E-state index is 0. The van der Waals surface area contributed by atoms with E-state index in [9.17, 15) is 0 Å². The fraction of sp³-hybridized carbons (Fsp3) is 0.667.